The van der Waals surface area contributed by atoms with Crippen molar-refractivity contribution in [1.29, 1.82) is 0 Å². The Labute approximate surface area is 168 Å². The van der Waals surface area contributed by atoms with E-state index < -0.39 is 24.0 Å². The van der Waals surface area contributed by atoms with E-state index in [-0.39, 0.29) is 35.8 Å². The lowest BCUT2D eigenvalue weighted by Crippen LogP contribution is -2.50. The van der Waals surface area contributed by atoms with Crippen molar-refractivity contribution in [2.75, 3.05) is 34.5 Å². The molecule has 1 aromatic rings. The number of carbonyl (C=O) groups excluding carboxylic acids is 3. The number of carbonyl (C=O) groups is 3. The molecular formula is C19H24N2O8. The minimum absolute atomic E-state index is 0.0942. The maximum absolute atomic E-state index is 12.6. The highest BCUT2D eigenvalue weighted by molar-refractivity contribution is 5.96. The van der Waals surface area contributed by atoms with E-state index in [1.54, 1.807) is 13.8 Å². The third kappa shape index (κ3) is 4.89. The molecule has 1 heterocycles. The normalized spacial score (nSPS) is 15.8. The van der Waals surface area contributed by atoms with E-state index >= 15 is 0 Å². The first kappa shape index (κ1) is 21.9. The first-order valence-electron chi connectivity index (χ1n) is 8.81. The van der Waals surface area contributed by atoms with E-state index in [1.807, 2.05) is 0 Å². The summed E-state index contributed by atoms with van der Waals surface area (Å²) in [5.41, 5.74) is 0.419. The molecule has 1 aromatic carbocycles. The Morgan fingerprint density at radius 1 is 0.966 bits per heavy atom. The third-order valence-electron chi connectivity index (χ3n) is 4.14. The quantitative estimate of drug-likeness (QED) is 0.619. The Morgan fingerprint density at radius 2 is 1.59 bits per heavy atom. The van der Waals surface area contributed by atoms with Crippen molar-refractivity contribution in [2.24, 2.45) is 0 Å². The highest BCUT2D eigenvalue weighted by Crippen LogP contribution is 2.35. The maximum atomic E-state index is 12.6. The zero-order chi connectivity index (χ0) is 21.6. The maximum Gasteiger partial charge on any atom is 0.342 e. The molecule has 0 aliphatic carbocycles. The number of urea groups is 1. The van der Waals surface area contributed by atoms with Crippen LogP contribution in [0.1, 0.15) is 24.2 Å². The van der Waals surface area contributed by atoms with Gasteiger partial charge in [-0.1, -0.05) is 0 Å². The van der Waals surface area contributed by atoms with E-state index in [0.717, 1.165) is 0 Å². The van der Waals surface area contributed by atoms with Crippen LogP contribution in [0.15, 0.2) is 23.4 Å². The van der Waals surface area contributed by atoms with Crippen LogP contribution in [-0.4, -0.2) is 58.6 Å². The molecule has 1 aliphatic heterocycles. The SMILES string of the molecule is CCOC(=O)C1=C(COC(=O)c2cc(OC)c(OC)cc2OC)NC(=O)NC1C. The van der Waals surface area contributed by atoms with Gasteiger partial charge in [-0.25, -0.2) is 14.4 Å². The summed E-state index contributed by atoms with van der Waals surface area (Å²) in [5, 5.41) is 5.05. The van der Waals surface area contributed by atoms with Crippen molar-refractivity contribution >= 4 is 18.0 Å². The molecule has 0 aromatic heterocycles. The summed E-state index contributed by atoms with van der Waals surface area (Å²) in [6.07, 6.45) is 0. The lowest BCUT2D eigenvalue weighted by Gasteiger charge is -2.26. The molecular weight excluding hydrogens is 384 g/mol. The summed E-state index contributed by atoms with van der Waals surface area (Å²) < 4.78 is 25.9. The first-order chi connectivity index (χ1) is 13.9. The number of nitrogens with one attached hydrogen (secondary N) is 2. The van der Waals surface area contributed by atoms with Gasteiger partial charge in [0.15, 0.2) is 11.5 Å². The van der Waals surface area contributed by atoms with E-state index in [0.29, 0.717) is 11.5 Å². The van der Waals surface area contributed by atoms with Gasteiger partial charge in [0.25, 0.3) is 0 Å². The molecule has 0 fully saturated rings. The summed E-state index contributed by atoms with van der Waals surface area (Å²) in [6, 6.07) is 1.80. The van der Waals surface area contributed by atoms with Gasteiger partial charge in [-0.15, -0.1) is 0 Å². The molecule has 0 saturated heterocycles. The highest BCUT2D eigenvalue weighted by Gasteiger charge is 2.30. The minimum Gasteiger partial charge on any atom is -0.496 e. The molecule has 1 atom stereocenters. The van der Waals surface area contributed by atoms with Gasteiger partial charge in [0.2, 0.25) is 0 Å². The van der Waals surface area contributed by atoms with Crippen molar-refractivity contribution < 1.29 is 38.1 Å². The number of benzene rings is 1. The van der Waals surface area contributed by atoms with Crippen molar-refractivity contribution in [3.8, 4) is 17.2 Å². The van der Waals surface area contributed by atoms with Crippen LogP contribution in [-0.2, 0) is 14.3 Å². The van der Waals surface area contributed by atoms with Crippen LogP contribution in [0.2, 0.25) is 0 Å². The predicted molar refractivity (Wildman–Crippen MR) is 101 cm³/mol. The number of rotatable bonds is 8. The summed E-state index contributed by atoms with van der Waals surface area (Å²) in [4.78, 5) is 36.6. The molecule has 0 bridgehead atoms. The van der Waals surface area contributed by atoms with Gasteiger partial charge in [-0.2, -0.15) is 0 Å². The van der Waals surface area contributed by atoms with Gasteiger partial charge < -0.3 is 34.3 Å². The molecule has 2 amide bonds. The lowest BCUT2D eigenvalue weighted by atomic mass is 10.0. The van der Waals surface area contributed by atoms with Crippen LogP contribution in [0, 0.1) is 0 Å². The van der Waals surface area contributed by atoms with E-state index in [9.17, 15) is 14.4 Å². The summed E-state index contributed by atoms with van der Waals surface area (Å²) in [5.74, 6) is -0.431. The van der Waals surface area contributed by atoms with Crippen molar-refractivity contribution in [3.05, 3.63) is 29.0 Å². The number of amides is 2. The van der Waals surface area contributed by atoms with Gasteiger partial charge >= 0.3 is 18.0 Å². The largest absolute Gasteiger partial charge is 0.496 e. The van der Waals surface area contributed by atoms with Crippen LogP contribution in [0.4, 0.5) is 4.79 Å². The van der Waals surface area contributed by atoms with Crippen molar-refractivity contribution in [1.82, 2.24) is 10.6 Å². The molecule has 2 rings (SSSR count). The van der Waals surface area contributed by atoms with E-state index in [1.165, 1.54) is 33.5 Å². The second-order valence-electron chi connectivity index (χ2n) is 5.92. The summed E-state index contributed by atoms with van der Waals surface area (Å²) >= 11 is 0. The monoisotopic (exact) mass is 408 g/mol. The fraction of sp³-hybridized carbons (Fsp3) is 0.421. The van der Waals surface area contributed by atoms with Crippen LogP contribution < -0.4 is 24.8 Å². The number of hydrogen-bond donors (Lipinski definition) is 2. The molecule has 1 aliphatic rings. The Bertz CT molecular complexity index is 834. The fourth-order valence-corrected chi connectivity index (χ4v) is 2.80. The van der Waals surface area contributed by atoms with Crippen LogP contribution in [0.3, 0.4) is 0 Å². The number of esters is 2. The zero-order valence-corrected chi connectivity index (χ0v) is 16.9. The topological polar surface area (TPSA) is 121 Å². The number of methoxy groups -OCH3 is 3. The van der Waals surface area contributed by atoms with E-state index in [4.69, 9.17) is 23.7 Å². The van der Waals surface area contributed by atoms with Gasteiger partial charge in [0, 0.05) is 12.1 Å². The molecule has 0 radical (unpaired) electrons. The fourth-order valence-electron chi connectivity index (χ4n) is 2.80. The highest BCUT2D eigenvalue weighted by atomic mass is 16.5. The van der Waals surface area contributed by atoms with Crippen LogP contribution in [0.5, 0.6) is 17.2 Å². The molecule has 2 N–H and O–H groups in total. The molecule has 0 spiro atoms. The molecule has 158 valence electrons. The number of hydrogen-bond acceptors (Lipinski definition) is 8. The Kier molecular flexibility index (Phi) is 7.29. The van der Waals surface area contributed by atoms with Gasteiger partial charge in [-0.05, 0) is 13.8 Å². The standard InChI is InChI=1S/C19H24N2O8/c1-6-28-18(23)16-10(2)20-19(24)21-12(16)9-29-17(22)11-7-14(26-4)15(27-5)8-13(11)25-3/h7-8,10H,6,9H2,1-5H3,(H2,20,21,24). The summed E-state index contributed by atoms with van der Waals surface area (Å²) in [6.45, 7) is 3.12. The lowest BCUT2D eigenvalue weighted by molar-refractivity contribution is -0.139. The first-order valence-corrected chi connectivity index (χ1v) is 8.81. The Balaban J connectivity index is 2.29. The molecule has 1 unspecified atom stereocenters. The van der Waals surface area contributed by atoms with Crippen LogP contribution >= 0.6 is 0 Å². The number of ether oxygens (including phenoxy) is 5. The average Bonchev–Trinajstić information content (AvgIpc) is 2.70. The molecule has 0 saturated carbocycles. The predicted octanol–water partition coefficient (Wildman–Crippen LogP) is 1.39. The van der Waals surface area contributed by atoms with Gasteiger partial charge in [0.1, 0.15) is 17.9 Å². The van der Waals surface area contributed by atoms with E-state index in [2.05, 4.69) is 10.6 Å². The molecule has 10 heteroatoms. The minimum atomic E-state index is -0.737. The van der Waals surface area contributed by atoms with Gasteiger partial charge in [-0.3, -0.25) is 0 Å². The average molecular weight is 408 g/mol. The Morgan fingerprint density at radius 3 is 2.17 bits per heavy atom. The smallest absolute Gasteiger partial charge is 0.342 e. The summed E-state index contributed by atoms with van der Waals surface area (Å²) in [7, 11) is 4.29. The van der Waals surface area contributed by atoms with Crippen LogP contribution in [0.25, 0.3) is 0 Å². The third-order valence-corrected chi connectivity index (χ3v) is 4.14. The van der Waals surface area contributed by atoms with Gasteiger partial charge in [0.05, 0.1) is 45.2 Å². The zero-order valence-electron chi connectivity index (χ0n) is 16.9. The molecule has 29 heavy (non-hydrogen) atoms. The molecule has 10 nitrogen and oxygen atoms in total. The van der Waals surface area contributed by atoms with Crippen molar-refractivity contribution in [2.45, 2.75) is 19.9 Å². The second kappa shape index (κ2) is 9.67. The Hall–Kier alpha value is -3.43. The van der Waals surface area contributed by atoms with Crippen molar-refractivity contribution in [3.63, 3.8) is 0 Å². The second-order valence-corrected chi connectivity index (χ2v) is 5.92.